The zero-order chi connectivity index (χ0) is 12.1. The molecule has 0 fully saturated rings. The Labute approximate surface area is 101 Å². The molecule has 1 aliphatic carbocycles. The molecule has 1 atom stereocenters. The molecule has 16 heavy (non-hydrogen) atoms. The number of rotatable bonds is 6. The van der Waals surface area contributed by atoms with E-state index in [1.165, 1.54) is 32.1 Å². The Morgan fingerprint density at radius 2 is 1.62 bits per heavy atom. The van der Waals surface area contributed by atoms with Crippen molar-refractivity contribution < 1.29 is 0 Å². The zero-order valence-corrected chi connectivity index (χ0v) is 10.5. The summed E-state index contributed by atoms with van der Waals surface area (Å²) in [5.74, 6) is 0.764. The molecule has 1 unspecified atom stereocenters. The fraction of sp³-hybridized carbons (Fsp3) is 0.500. The van der Waals surface area contributed by atoms with E-state index in [0.29, 0.717) is 0 Å². The topological polar surface area (TPSA) is 0 Å². The van der Waals surface area contributed by atoms with Crippen LogP contribution in [0.3, 0.4) is 0 Å². The number of unbranched alkanes of at least 4 members (excludes halogenated alkanes) is 3. The van der Waals surface area contributed by atoms with Gasteiger partial charge in [0.1, 0.15) is 0 Å². The molecule has 0 amide bonds. The highest BCUT2D eigenvalue weighted by Gasteiger charge is 2.02. The van der Waals surface area contributed by atoms with E-state index in [0.717, 1.165) is 18.8 Å². The van der Waals surface area contributed by atoms with Gasteiger partial charge in [-0.3, -0.25) is 0 Å². The van der Waals surface area contributed by atoms with Gasteiger partial charge in [0.2, 0.25) is 0 Å². The van der Waals surface area contributed by atoms with Crippen LogP contribution in [0, 0.1) is 5.92 Å². The highest BCUT2D eigenvalue weighted by Crippen LogP contribution is 2.17. The summed E-state index contributed by atoms with van der Waals surface area (Å²) in [6.07, 6.45) is 19.1. The molecule has 0 radical (unpaired) electrons. The minimum Gasteiger partial charge on any atom is -0.103 e. The SMILES string of the molecule is C=CC1CC=CCC1.C=CCCCCC=C. The highest BCUT2D eigenvalue weighted by atomic mass is 14.1. The van der Waals surface area contributed by atoms with Gasteiger partial charge >= 0.3 is 0 Å². The largest absolute Gasteiger partial charge is 0.103 e. The molecule has 1 rings (SSSR count). The van der Waals surface area contributed by atoms with Gasteiger partial charge in [-0.25, -0.2) is 0 Å². The first kappa shape index (κ1) is 15.0. The summed E-state index contributed by atoms with van der Waals surface area (Å²) >= 11 is 0. The lowest BCUT2D eigenvalue weighted by molar-refractivity contribution is 0.585. The summed E-state index contributed by atoms with van der Waals surface area (Å²) in [4.78, 5) is 0. The Hall–Kier alpha value is -1.04. The van der Waals surface area contributed by atoms with Gasteiger partial charge in [-0.05, 0) is 50.9 Å². The molecule has 0 N–H and O–H groups in total. The van der Waals surface area contributed by atoms with Crippen molar-refractivity contribution in [1.82, 2.24) is 0 Å². The Morgan fingerprint density at radius 3 is 1.94 bits per heavy atom. The van der Waals surface area contributed by atoms with E-state index in [9.17, 15) is 0 Å². The summed E-state index contributed by atoms with van der Waals surface area (Å²) in [6.45, 7) is 11.0. The molecule has 0 heteroatoms. The van der Waals surface area contributed by atoms with Crippen LogP contribution >= 0.6 is 0 Å². The van der Waals surface area contributed by atoms with Gasteiger partial charge in [-0.15, -0.1) is 19.7 Å². The van der Waals surface area contributed by atoms with Gasteiger partial charge in [0.15, 0.2) is 0 Å². The normalized spacial score (nSPS) is 18.1. The van der Waals surface area contributed by atoms with Gasteiger partial charge in [0, 0.05) is 0 Å². The van der Waals surface area contributed by atoms with Crippen LogP contribution < -0.4 is 0 Å². The van der Waals surface area contributed by atoms with Gasteiger partial charge in [0.25, 0.3) is 0 Å². The fourth-order valence-corrected chi connectivity index (χ4v) is 1.61. The molecule has 0 aliphatic heterocycles. The van der Waals surface area contributed by atoms with E-state index >= 15 is 0 Å². The molecular formula is C16H26. The van der Waals surface area contributed by atoms with Crippen LogP contribution in [0.15, 0.2) is 50.1 Å². The minimum atomic E-state index is 0.764. The van der Waals surface area contributed by atoms with E-state index in [1.807, 2.05) is 12.2 Å². The standard InChI is InChI=1S/C8H12.C8H14/c1-2-8-6-4-3-5-7-8;1-3-5-7-8-6-4-2/h2-4,8H,1,5-7H2;3-4H,1-2,5-8H2. The van der Waals surface area contributed by atoms with Crippen LogP contribution in [0.5, 0.6) is 0 Å². The van der Waals surface area contributed by atoms with Gasteiger partial charge in [-0.2, -0.15) is 0 Å². The van der Waals surface area contributed by atoms with E-state index in [4.69, 9.17) is 0 Å². The van der Waals surface area contributed by atoms with Crippen LogP contribution in [0.25, 0.3) is 0 Å². The smallest absolute Gasteiger partial charge is 0.0199 e. The third kappa shape index (κ3) is 9.51. The molecule has 0 saturated heterocycles. The zero-order valence-electron chi connectivity index (χ0n) is 10.5. The van der Waals surface area contributed by atoms with Crippen molar-refractivity contribution in [3.63, 3.8) is 0 Å². The molecule has 0 saturated carbocycles. The molecule has 0 aromatic carbocycles. The Balaban J connectivity index is 0.000000281. The molecule has 0 nitrogen and oxygen atoms in total. The summed E-state index contributed by atoms with van der Waals surface area (Å²) in [7, 11) is 0. The van der Waals surface area contributed by atoms with Crippen molar-refractivity contribution >= 4 is 0 Å². The molecule has 0 aromatic rings. The first-order chi connectivity index (χ1) is 7.85. The van der Waals surface area contributed by atoms with Crippen molar-refractivity contribution in [2.45, 2.75) is 44.9 Å². The lowest BCUT2D eigenvalue weighted by Gasteiger charge is -2.11. The third-order valence-electron chi connectivity index (χ3n) is 2.71. The molecule has 0 spiro atoms. The van der Waals surface area contributed by atoms with Gasteiger partial charge in [0.05, 0.1) is 0 Å². The fourth-order valence-electron chi connectivity index (χ4n) is 1.61. The van der Waals surface area contributed by atoms with Crippen LogP contribution in [0.2, 0.25) is 0 Å². The van der Waals surface area contributed by atoms with Crippen molar-refractivity contribution in [2.24, 2.45) is 5.92 Å². The number of allylic oxidation sites excluding steroid dienone is 5. The second-order valence-electron chi connectivity index (χ2n) is 4.14. The van der Waals surface area contributed by atoms with Crippen molar-refractivity contribution in [1.29, 1.82) is 0 Å². The maximum Gasteiger partial charge on any atom is -0.0199 e. The van der Waals surface area contributed by atoms with Crippen LogP contribution in [0.1, 0.15) is 44.9 Å². The predicted octanol–water partition coefficient (Wildman–Crippen LogP) is 5.45. The predicted molar refractivity (Wildman–Crippen MR) is 75.5 cm³/mol. The minimum absolute atomic E-state index is 0.764. The highest BCUT2D eigenvalue weighted by molar-refractivity contribution is 4.95. The average Bonchev–Trinajstić information content (AvgIpc) is 2.36. The van der Waals surface area contributed by atoms with Gasteiger partial charge < -0.3 is 0 Å². The third-order valence-corrected chi connectivity index (χ3v) is 2.71. The van der Waals surface area contributed by atoms with Crippen molar-refractivity contribution in [2.75, 3.05) is 0 Å². The Bertz CT molecular complexity index is 200. The quantitative estimate of drug-likeness (QED) is 0.411. The van der Waals surface area contributed by atoms with E-state index in [1.54, 1.807) is 0 Å². The summed E-state index contributed by atoms with van der Waals surface area (Å²) in [6, 6.07) is 0. The second-order valence-corrected chi connectivity index (χ2v) is 4.14. The lowest BCUT2D eigenvalue weighted by Crippen LogP contribution is -1.96. The molecule has 90 valence electrons. The monoisotopic (exact) mass is 218 g/mol. The molecule has 0 aromatic heterocycles. The second kappa shape index (κ2) is 12.0. The first-order valence-corrected chi connectivity index (χ1v) is 6.34. The maximum absolute atomic E-state index is 3.75. The van der Waals surface area contributed by atoms with E-state index in [2.05, 4.69) is 38.0 Å². The summed E-state index contributed by atoms with van der Waals surface area (Å²) in [5.41, 5.74) is 0. The molecule has 0 bridgehead atoms. The molecule has 0 heterocycles. The number of hydrogen-bond donors (Lipinski definition) is 0. The first-order valence-electron chi connectivity index (χ1n) is 6.34. The molecule has 1 aliphatic rings. The van der Waals surface area contributed by atoms with E-state index in [-0.39, 0.29) is 0 Å². The van der Waals surface area contributed by atoms with Crippen LogP contribution in [-0.4, -0.2) is 0 Å². The van der Waals surface area contributed by atoms with Gasteiger partial charge in [-0.1, -0.05) is 30.4 Å². The summed E-state index contributed by atoms with van der Waals surface area (Å²) < 4.78 is 0. The lowest BCUT2D eigenvalue weighted by atomic mass is 9.95. The van der Waals surface area contributed by atoms with Crippen LogP contribution in [-0.2, 0) is 0 Å². The van der Waals surface area contributed by atoms with E-state index < -0.39 is 0 Å². The van der Waals surface area contributed by atoms with Crippen molar-refractivity contribution in [3.8, 4) is 0 Å². The Morgan fingerprint density at radius 1 is 1.00 bits per heavy atom. The number of hydrogen-bond acceptors (Lipinski definition) is 0. The molecular weight excluding hydrogens is 192 g/mol. The van der Waals surface area contributed by atoms with Crippen LogP contribution in [0.4, 0.5) is 0 Å². The van der Waals surface area contributed by atoms with Crippen molar-refractivity contribution in [3.05, 3.63) is 50.1 Å². The maximum atomic E-state index is 3.75. The Kier molecular flexibility index (Phi) is 11.2. The average molecular weight is 218 g/mol. The summed E-state index contributed by atoms with van der Waals surface area (Å²) in [5, 5.41) is 0.